The van der Waals surface area contributed by atoms with Gasteiger partial charge in [0.1, 0.15) is 0 Å². The normalized spacial score (nSPS) is 11.0. The van der Waals surface area contributed by atoms with E-state index in [1.807, 2.05) is 54.6 Å². The zero-order valence-corrected chi connectivity index (χ0v) is 17.3. The number of hydrogen-bond acceptors (Lipinski definition) is 5. The minimum absolute atomic E-state index is 0.104. The molecule has 6 heteroatoms. The van der Waals surface area contributed by atoms with E-state index in [1.54, 1.807) is 6.20 Å². The molecule has 4 aromatic rings. The van der Waals surface area contributed by atoms with E-state index in [2.05, 4.69) is 46.4 Å². The summed E-state index contributed by atoms with van der Waals surface area (Å²) in [6, 6.07) is 30.4. The van der Waals surface area contributed by atoms with Gasteiger partial charge < -0.3 is 4.74 Å². The molecule has 1 heterocycles. The number of hydrogen-bond donors (Lipinski definition) is 0. The lowest BCUT2D eigenvalue weighted by molar-refractivity contribution is 0.0594. The van der Waals surface area contributed by atoms with Crippen molar-refractivity contribution in [3.63, 3.8) is 0 Å². The second kappa shape index (κ2) is 8.85. The standard InChI is InChI=1S/C24H20N3O2P/c1-29-24(28)22-23(26-18-17-25-22)27-30(19-11-5-2-6-12-19,20-13-7-3-8-14-20)21-15-9-4-10-16-21/h2-18H,1H3. The summed E-state index contributed by atoms with van der Waals surface area (Å²) in [6.45, 7) is 0. The van der Waals surface area contributed by atoms with E-state index in [4.69, 9.17) is 9.48 Å². The fourth-order valence-electron chi connectivity index (χ4n) is 3.34. The minimum atomic E-state index is -2.54. The molecule has 0 amide bonds. The molecule has 0 aliphatic heterocycles. The number of nitrogens with zero attached hydrogens (tertiary/aromatic N) is 3. The second-order valence-corrected chi connectivity index (χ2v) is 9.48. The molecule has 0 N–H and O–H groups in total. The average molecular weight is 413 g/mol. The first-order valence-electron chi connectivity index (χ1n) is 9.44. The van der Waals surface area contributed by atoms with Crippen molar-refractivity contribution in [1.82, 2.24) is 9.97 Å². The lowest BCUT2D eigenvalue weighted by atomic mass is 10.4. The van der Waals surface area contributed by atoms with Crippen LogP contribution in [0.5, 0.6) is 0 Å². The van der Waals surface area contributed by atoms with Crippen LogP contribution in [0, 0.1) is 0 Å². The van der Waals surface area contributed by atoms with Crippen molar-refractivity contribution in [2.75, 3.05) is 7.11 Å². The molecular weight excluding hydrogens is 393 g/mol. The summed E-state index contributed by atoms with van der Waals surface area (Å²) in [5, 5.41) is 3.18. The molecule has 0 atom stereocenters. The first-order chi connectivity index (χ1) is 14.8. The molecule has 30 heavy (non-hydrogen) atoms. The molecule has 148 valence electrons. The van der Waals surface area contributed by atoms with Gasteiger partial charge in [-0.1, -0.05) is 91.0 Å². The summed E-state index contributed by atoms with van der Waals surface area (Å²) in [5.74, 6) is -0.289. The molecule has 0 spiro atoms. The van der Waals surface area contributed by atoms with Gasteiger partial charge in [0.05, 0.1) is 14.2 Å². The predicted octanol–water partition coefficient (Wildman–Crippen LogP) is 4.07. The fourth-order valence-corrected chi connectivity index (χ4v) is 6.82. The predicted molar refractivity (Wildman–Crippen MR) is 121 cm³/mol. The Morgan fingerprint density at radius 3 is 1.60 bits per heavy atom. The molecule has 0 unspecified atom stereocenters. The number of benzene rings is 3. The summed E-state index contributed by atoms with van der Waals surface area (Å²) < 4.78 is 10.1. The van der Waals surface area contributed by atoms with Gasteiger partial charge in [0.25, 0.3) is 0 Å². The van der Waals surface area contributed by atoms with E-state index in [9.17, 15) is 4.79 Å². The van der Waals surface area contributed by atoms with Crippen LogP contribution in [0.3, 0.4) is 0 Å². The number of ether oxygens (including phenoxy) is 1. The maximum Gasteiger partial charge on any atom is 0.360 e. The van der Waals surface area contributed by atoms with Crippen LogP contribution in [-0.2, 0) is 4.74 Å². The Hall–Kier alpha value is -3.56. The summed E-state index contributed by atoms with van der Waals surface area (Å²) in [6.07, 6.45) is 3.01. The average Bonchev–Trinajstić information content (AvgIpc) is 2.84. The number of carbonyl (C=O) groups excluding carboxylic acids is 1. The van der Waals surface area contributed by atoms with E-state index in [-0.39, 0.29) is 11.5 Å². The Labute approximate surface area is 175 Å². The van der Waals surface area contributed by atoms with Crippen molar-refractivity contribution >= 4 is 34.8 Å². The van der Waals surface area contributed by atoms with Crippen LogP contribution < -0.4 is 15.9 Å². The van der Waals surface area contributed by atoms with Crippen molar-refractivity contribution in [3.05, 3.63) is 109 Å². The Kier molecular flexibility index (Phi) is 5.82. The fraction of sp³-hybridized carbons (Fsp3) is 0.0417. The Morgan fingerprint density at radius 1 is 0.733 bits per heavy atom. The highest BCUT2D eigenvalue weighted by molar-refractivity contribution is 7.87. The molecule has 0 radical (unpaired) electrons. The van der Waals surface area contributed by atoms with E-state index in [1.165, 1.54) is 13.3 Å². The van der Waals surface area contributed by atoms with Gasteiger partial charge in [0, 0.05) is 28.3 Å². The highest BCUT2D eigenvalue weighted by atomic mass is 31.2. The number of aromatic nitrogens is 2. The Bertz CT molecular complexity index is 1090. The molecule has 0 saturated heterocycles. The SMILES string of the molecule is COC(=O)c1nccnc1N=P(c1ccccc1)(c1ccccc1)c1ccccc1. The van der Waals surface area contributed by atoms with E-state index < -0.39 is 13.0 Å². The van der Waals surface area contributed by atoms with Crippen LogP contribution >= 0.6 is 7.05 Å². The number of esters is 1. The minimum Gasteiger partial charge on any atom is -0.464 e. The van der Waals surface area contributed by atoms with Gasteiger partial charge in [0.15, 0.2) is 11.5 Å². The van der Waals surface area contributed by atoms with Crippen molar-refractivity contribution in [3.8, 4) is 0 Å². The van der Waals surface area contributed by atoms with Gasteiger partial charge in [-0.2, -0.15) is 0 Å². The molecule has 1 aromatic heterocycles. The Morgan fingerprint density at radius 2 is 1.17 bits per heavy atom. The lowest BCUT2D eigenvalue weighted by Crippen LogP contribution is -2.25. The topological polar surface area (TPSA) is 64.4 Å². The van der Waals surface area contributed by atoms with Crippen molar-refractivity contribution in [2.45, 2.75) is 0 Å². The molecule has 3 aromatic carbocycles. The first kappa shape index (κ1) is 19.7. The highest BCUT2D eigenvalue weighted by Gasteiger charge is 2.29. The van der Waals surface area contributed by atoms with Gasteiger partial charge in [-0.3, -0.25) is 0 Å². The third-order valence-electron chi connectivity index (χ3n) is 4.69. The highest BCUT2D eigenvalue weighted by Crippen LogP contribution is 2.49. The van der Waals surface area contributed by atoms with Crippen LogP contribution in [0.15, 0.2) is 108 Å². The summed E-state index contributed by atoms with van der Waals surface area (Å²) in [4.78, 5) is 21.0. The van der Waals surface area contributed by atoms with Crippen LogP contribution in [-0.4, -0.2) is 23.0 Å². The lowest BCUT2D eigenvalue weighted by Gasteiger charge is -2.26. The molecule has 4 rings (SSSR count). The van der Waals surface area contributed by atoms with Crippen LogP contribution in [0.2, 0.25) is 0 Å². The number of methoxy groups -OCH3 is 1. The number of carbonyl (C=O) groups is 1. The molecule has 0 bridgehead atoms. The van der Waals surface area contributed by atoms with Crippen molar-refractivity contribution in [2.24, 2.45) is 4.74 Å². The third kappa shape index (κ3) is 3.68. The number of rotatable bonds is 5. The van der Waals surface area contributed by atoms with Crippen molar-refractivity contribution in [1.29, 1.82) is 0 Å². The Balaban J connectivity index is 2.15. The summed E-state index contributed by atoms with van der Waals surface area (Å²) in [5.41, 5.74) is 0.104. The molecule has 0 aliphatic carbocycles. The van der Waals surface area contributed by atoms with Gasteiger partial charge in [-0.15, -0.1) is 0 Å². The van der Waals surface area contributed by atoms with E-state index >= 15 is 0 Å². The van der Waals surface area contributed by atoms with E-state index in [0.29, 0.717) is 0 Å². The second-order valence-electron chi connectivity index (χ2n) is 6.46. The zero-order chi connectivity index (χ0) is 20.8. The summed E-state index contributed by atoms with van der Waals surface area (Å²) >= 11 is 0. The van der Waals surface area contributed by atoms with Gasteiger partial charge in [0.2, 0.25) is 0 Å². The molecular formula is C24H20N3O2P. The van der Waals surface area contributed by atoms with Gasteiger partial charge in [-0.05, 0) is 0 Å². The molecule has 0 saturated carbocycles. The zero-order valence-electron chi connectivity index (χ0n) is 16.4. The first-order valence-corrected chi connectivity index (χ1v) is 11.2. The largest absolute Gasteiger partial charge is 0.464 e. The monoisotopic (exact) mass is 413 g/mol. The van der Waals surface area contributed by atoms with Crippen molar-refractivity contribution < 1.29 is 9.53 Å². The van der Waals surface area contributed by atoms with Crippen LogP contribution in [0.1, 0.15) is 10.5 Å². The molecule has 5 nitrogen and oxygen atoms in total. The van der Waals surface area contributed by atoms with Crippen LogP contribution in [0.25, 0.3) is 0 Å². The summed E-state index contributed by atoms with van der Waals surface area (Å²) in [7, 11) is -1.21. The van der Waals surface area contributed by atoms with Crippen LogP contribution in [0.4, 0.5) is 5.82 Å². The third-order valence-corrected chi connectivity index (χ3v) is 8.32. The quantitative estimate of drug-likeness (QED) is 0.365. The maximum absolute atomic E-state index is 12.4. The maximum atomic E-state index is 12.4. The van der Waals surface area contributed by atoms with Gasteiger partial charge >= 0.3 is 5.97 Å². The smallest absolute Gasteiger partial charge is 0.360 e. The molecule has 0 fully saturated rings. The molecule has 0 aliphatic rings. The van der Waals surface area contributed by atoms with Gasteiger partial charge in [-0.25, -0.2) is 19.5 Å². The van der Waals surface area contributed by atoms with E-state index in [0.717, 1.165) is 15.9 Å².